The van der Waals surface area contributed by atoms with Gasteiger partial charge in [-0.1, -0.05) is 0 Å². The van der Waals surface area contributed by atoms with E-state index in [4.69, 9.17) is 5.11 Å². The first-order valence-electron chi connectivity index (χ1n) is 5.86. The van der Waals surface area contributed by atoms with Crippen LogP contribution in [-0.4, -0.2) is 22.7 Å². The van der Waals surface area contributed by atoms with E-state index >= 15 is 0 Å². The fourth-order valence-corrected chi connectivity index (χ4v) is 2.37. The van der Waals surface area contributed by atoms with Crippen LogP contribution in [-0.2, 0) is 4.79 Å². The molecule has 0 unspecified atom stereocenters. The van der Waals surface area contributed by atoms with E-state index < -0.39 is 5.97 Å². The summed E-state index contributed by atoms with van der Waals surface area (Å²) in [4.78, 5) is 10.6. The monoisotopic (exact) mass is 213 g/mol. The first kappa shape index (κ1) is 12.5. The van der Waals surface area contributed by atoms with E-state index in [9.17, 15) is 4.79 Å². The molecule has 1 rings (SSSR count). The lowest BCUT2D eigenvalue weighted by Gasteiger charge is -2.33. The minimum absolute atomic E-state index is 0.171. The summed E-state index contributed by atoms with van der Waals surface area (Å²) in [5.74, 6) is -0.247. The average Bonchev–Trinajstić information content (AvgIpc) is 2.05. The molecule has 0 aromatic heterocycles. The third-order valence-electron chi connectivity index (χ3n) is 2.95. The van der Waals surface area contributed by atoms with Crippen molar-refractivity contribution in [3.8, 4) is 0 Å². The van der Waals surface area contributed by atoms with Crippen molar-refractivity contribution < 1.29 is 9.90 Å². The van der Waals surface area contributed by atoms with Gasteiger partial charge in [0, 0.05) is 18.0 Å². The van der Waals surface area contributed by atoms with E-state index in [0.717, 1.165) is 25.7 Å². The van der Waals surface area contributed by atoms with Crippen LogP contribution in [0.1, 0.15) is 52.9 Å². The van der Waals surface area contributed by atoms with Crippen LogP contribution < -0.4 is 5.32 Å². The molecule has 3 nitrogen and oxygen atoms in total. The molecule has 0 spiro atoms. The normalized spacial score (nSPS) is 27.7. The van der Waals surface area contributed by atoms with Gasteiger partial charge in [-0.25, -0.2) is 0 Å². The maximum absolute atomic E-state index is 10.6. The number of carboxylic acids is 1. The molecular weight excluding hydrogens is 190 g/mol. The number of nitrogens with one attached hydrogen (secondary N) is 1. The van der Waals surface area contributed by atoms with Gasteiger partial charge in [0.05, 0.1) is 0 Å². The van der Waals surface area contributed by atoms with Gasteiger partial charge in [0.15, 0.2) is 0 Å². The molecule has 0 saturated heterocycles. The molecule has 88 valence electrons. The maximum Gasteiger partial charge on any atom is 0.303 e. The van der Waals surface area contributed by atoms with Gasteiger partial charge in [-0.2, -0.15) is 0 Å². The second-order valence-corrected chi connectivity index (χ2v) is 5.71. The molecule has 0 amide bonds. The summed E-state index contributed by atoms with van der Waals surface area (Å²) in [6.07, 6.45) is 4.70. The van der Waals surface area contributed by atoms with Gasteiger partial charge in [-0.05, 0) is 52.4 Å². The predicted octanol–water partition coefficient (Wildman–Crippen LogP) is 2.41. The predicted molar refractivity (Wildman–Crippen MR) is 60.9 cm³/mol. The summed E-state index contributed by atoms with van der Waals surface area (Å²) in [6, 6.07) is 0.579. The Labute approximate surface area is 92.3 Å². The number of aliphatic carboxylic acids is 1. The third kappa shape index (κ3) is 5.17. The zero-order valence-corrected chi connectivity index (χ0v) is 10.0. The largest absolute Gasteiger partial charge is 0.481 e. The summed E-state index contributed by atoms with van der Waals surface area (Å²) < 4.78 is 0. The Bertz CT molecular complexity index is 212. The lowest BCUT2D eigenvalue weighted by Crippen LogP contribution is -2.45. The van der Waals surface area contributed by atoms with Gasteiger partial charge in [-0.3, -0.25) is 4.79 Å². The van der Waals surface area contributed by atoms with Crippen LogP contribution in [0.25, 0.3) is 0 Å². The Morgan fingerprint density at radius 2 is 1.80 bits per heavy atom. The smallest absolute Gasteiger partial charge is 0.303 e. The van der Waals surface area contributed by atoms with Crippen LogP contribution in [0.3, 0.4) is 0 Å². The van der Waals surface area contributed by atoms with Gasteiger partial charge >= 0.3 is 5.97 Å². The number of carbonyl (C=O) groups is 1. The van der Waals surface area contributed by atoms with E-state index in [1.165, 1.54) is 0 Å². The Kier molecular flexibility index (Phi) is 4.14. The minimum atomic E-state index is -0.651. The van der Waals surface area contributed by atoms with Crippen molar-refractivity contribution in [2.24, 2.45) is 5.92 Å². The first-order valence-corrected chi connectivity index (χ1v) is 5.86. The number of rotatable bonds is 3. The summed E-state index contributed by atoms with van der Waals surface area (Å²) in [7, 11) is 0. The maximum atomic E-state index is 10.6. The van der Waals surface area contributed by atoms with Gasteiger partial charge in [0.2, 0.25) is 0 Å². The zero-order chi connectivity index (χ0) is 11.5. The second kappa shape index (κ2) is 4.97. The molecule has 3 heteroatoms. The van der Waals surface area contributed by atoms with E-state index in [1.807, 2.05) is 0 Å². The van der Waals surface area contributed by atoms with Gasteiger partial charge < -0.3 is 10.4 Å². The molecule has 2 N–H and O–H groups in total. The van der Waals surface area contributed by atoms with E-state index in [1.54, 1.807) is 0 Å². The summed E-state index contributed by atoms with van der Waals surface area (Å²) in [5.41, 5.74) is 0.171. The van der Waals surface area contributed by atoms with Gasteiger partial charge in [0.25, 0.3) is 0 Å². The van der Waals surface area contributed by atoms with Crippen molar-refractivity contribution in [2.45, 2.75) is 64.5 Å². The molecule has 1 saturated carbocycles. The number of carboxylic acid groups (broad SMARTS) is 1. The molecule has 0 bridgehead atoms. The standard InChI is InChI=1S/C12H23NO2/c1-12(2,3)13-10-6-4-9(5-7-10)8-11(14)15/h9-10,13H,4-8H2,1-3H3,(H,14,15). The fourth-order valence-electron chi connectivity index (χ4n) is 2.37. The van der Waals surface area contributed by atoms with Crippen LogP contribution in [0.5, 0.6) is 0 Å². The molecule has 1 aliphatic carbocycles. The molecule has 1 aliphatic rings. The Balaban J connectivity index is 2.27. The van der Waals surface area contributed by atoms with Gasteiger partial charge in [-0.15, -0.1) is 0 Å². The molecule has 0 aromatic rings. The topological polar surface area (TPSA) is 49.3 Å². The van der Waals surface area contributed by atoms with Crippen molar-refractivity contribution in [2.75, 3.05) is 0 Å². The van der Waals surface area contributed by atoms with Crippen LogP contribution in [0, 0.1) is 5.92 Å². The van der Waals surface area contributed by atoms with Crippen LogP contribution in [0.15, 0.2) is 0 Å². The van der Waals surface area contributed by atoms with Crippen LogP contribution in [0.4, 0.5) is 0 Å². The highest BCUT2D eigenvalue weighted by atomic mass is 16.4. The molecule has 0 radical (unpaired) electrons. The molecule has 0 aliphatic heterocycles. The average molecular weight is 213 g/mol. The van der Waals surface area contributed by atoms with E-state index in [-0.39, 0.29) is 5.54 Å². The molecular formula is C12H23NO2. The fraction of sp³-hybridized carbons (Fsp3) is 0.917. The quantitative estimate of drug-likeness (QED) is 0.757. The van der Waals surface area contributed by atoms with Crippen molar-refractivity contribution in [1.82, 2.24) is 5.32 Å². The number of hydrogen-bond acceptors (Lipinski definition) is 2. The van der Waals surface area contributed by atoms with E-state index in [2.05, 4.69) is 26.1 Å². The second-order valence-electron chi connectivity index (χ2n) is 5.71. The molecule has 0 heterocycles. The van der Waals surface area contributed by atoms with Gasteiger partial charge in [0.1, 0.15) is 0 Å². The molecule has 0 atom stereocenters. The van der Waals surface area contributed by atoms with Crippen LogP contribution >= 0.6 is 0 Å². The minimum Gasteiger partial charge on any atom is -0.481 e. The van der Waals surface area contributed by atoms with Crippen molar-refractivity contribution in [3.05, 3.63) is 0 Å². The van der Waals surface area contributed by atoms with Crippen molar-refractivity contribution >= 4 is 5.97 Å². The third-order valence-corrected chi connectivity index (χ3v) is 2.95. The van der Waals surface area contributed by atoms with E-state index in [0.29, 0.717) is 18.4 Å². The first-order chi connectivity index (χ1) is 6.87. The lowest BCUT2D eigenvalue weighted by atomic mass is 9.83. The Hall–Kier alpha value is -0.570. The number of hydrogen-bond donors (Lipinski definition) is 2. The molecule has 15 heavy (non-hydrogen) atoms. The summed E-state index contributed by atoms with van der Waals surface area (Å²) in [5, 5.41) is 12.3. The van der Waals surface area contributed by atoms with Crippen molar-refractivity contribution in [1.29, 1.82) is 0 Å². The Morgan fingerprint density at radius 1 is 1.27 bits per heavy atom. The highest BCUT2D eigenvalue weighted by Gasteiger charge is 2.25. The Morgan fingerprint density at radius 3 is 2.20 bits per heavy atom. The molecule has 0 aromatic carbocycles. The molecule has 1 fully saturated rings. The SMILES string of the molecule is CC(C)(C)NC1CCC(CC(=O)O)CC1. The summed E-state index contributed by atoms with van der Waals surface area (Å²) >= 11 is 0. The lowest BCUT2D eigenvalue weighted by molar-refractivity contribution is -0.138. The highest BCUT2D eigenvalue weighted by molar-refractivity contribution is 5.67. The van der Waals surface area contributed by atoms with Crippen molar-refractivity contribution in [3.63, 3.8) is 0 Å². The highest BCUT2D eigenvalue weighted by Crippen LogP contribution is 2.27. The van der Waals surface area contributed by atoms with Crippen LogP contribution in [0.2, 0.25) is 0 Å². The zero-order valence-electron chi connectivity index (χ0n) is 10.0. The summed E-state index contributed by atoms with van der Waals surface area (Å²) in [6.45, 7) is 6.53.